The quantitative estimate of drug-likeness (QED) is 0.425. The van der Waals surface area contributed by atoms with Crippen LogP contribution in [0.1, 0.15) is 23.6 Å². The second kappa shape index (κ2) is 10.9. The molecule has 0 atom stereocenters. The monoisotopic (exact) mass is 441 g/mol. The maximum absolute atomic E-state index is 5.96. The Morgan fingerprint density at radius 3 is 2.43 bits per heavy atom. The Kier molecular flexibility index (Phi) is 7.94. The minimum Gasteiger partial charge on any atom is -0.496 e. The normalized spacial score (nSPS) is 10.4. The van der Waals surface area contributed by atoms with Crippen molar-refractivity contribution in [3.05, 3.63) is 88.4 Å². The van der Waals surface area contributed by atoms with E-state index in [4.69, 9.17) is 38.0 Å². The third-order valence-electron chi connectivity index (χ3n) is 4.45. The number of nitrogens with one attached hydrogen (secondary N) is 1. The fraction of sp³-hybridized carbons (Fsp3) is 0.208. The van der Waals surface area contributed by atoms with E-state index >= 15 is 0 Å². The molecule has 0 radical (unpaired) electrons. The van der Waals surface area contributed by atoms with Crippen LogP contribution in [-0.4, -0.2) is 18.7 Å². The zero-order valence-electron chi connectivity index (χ0n) is 17.0. The molecule has 6 heteroatoms. The SMILES string of the molecule is CCOc1cc(C(=S)NCc2ccccc2OC)ccc1OCc1ccc(Cl)cc1. The minimum absolute atomic E-state index is 0.424. The van der Waals surface area contributed by atoms with Crippen LogP contribution < -0.4 is 19.5 Å². The maximum atomic E-state index is 5.96. The van der Waals surface area contributed by atoms with Gasteiger partial charge in [0.1, 0.15) is 17.3 Å². The van der Waals surface area contributed by atoms with E-state index < -0.39 is 0 Å². The van der Waals surface area contributed by atoms with E-state index in [2.05, 4.69) is 5.32 Å². The first kappa shape index (κ1) is 21.9. The number of halogens is 1. The van der Waals surface area contributed by atoms with Gasteiger partial charge >= 0.3 is 0 Å². The van der Waals surface area contributed by atoms with Crippen molar-refractivity contribution in [2.75, 3.05) is 13.7 Å². The average molecular weight is 442 g/mol. The number of methoxy groups -OCH3 is 1. The predicted octanol–water partition coefficient (Wildman–Crippen LogP) is 5.79. The van der Waals surface area contributed by atoms with Gasteiger partial charge in [-0.15, -0.1) is 0 Å². The van der Waals surface area contributed by atoms with E-state index in [1.165, 1.54) is 0 Å². The van der Waals surface area contributed by atoms with Crippen LogP contribution in [0.25, 0.3) is 0 Å². The van der Waals surface area contributed by atoms with Crippen LogP contribution in [-0.2, 0) is 13.2 Å². The van der Waals surface area contributed by atoms with Gasteiger partial charge in [-0.25, -0.2) is 0 Å². The summed E-state index contributed by atoms with van der Waals surface area (Å²) >= 11 is 11.5. The predicted molar refractivity (Wildman–Crippen MR) is 125 cm³/mol. The largest absolute Gasteiger partial charge is 0.496 e. The van der Waals surface area contributed by atoms with Crippen LogP contribution in [0.4, 0.5) is 0 Å². The van der Waals surface area contributed by atoms with Gasteiger partial charge in [0.2, 0.25) is 0 Å². The van der Waals surface area contributed by atoms with Crippen molar-refractivity contribution in [2.45, 2.75) is 20.1 Å². The Bertz CT molecular complexity index is 992. The first-order chi connectivity index (χ1) is 14.6. The van der Waals surface area contributed by atoms with Crippen molar-refractivity contribution < 1.29 is 14.2 Å². The molecule has 156 valence electrons. The molecule has 0 amide bonds. The van der Waals surface area contributed by atoms with Gasteiger partial charge in [-0.1, -0.05) is 54.2 Å². The summed E-state index contributed by atoms with van der Waals surface area (Å²) in [6.45, 7) is 3.46. The Morgan fingerprint density at radius 2 is 1.70 bits per heavy atom. The van der Waals surface area contributed by atoms with Gasteiger partial charge in [-0.05, 0) is 48.9 Å². The van der Waals surface area contributed by atoms with Crippen LogP contribution >= 0.6 is 23.8 Å². The molecule has 3 aromatic rings. The molecule has 4 nitrogen and oxygen atoms in total. The van der Waals surface area contributed by atoms with Gasteiger partial charge in [0.05, 0.1) is 13.7 Å². The molecule has 3 aromatic carbocycles. The summed E-state index contributed by atoms with van der Waals surface area (Å²) in [4.78, 5) is 0.631. The highest BCUT2D eigenvalue weighted by molar-refractivity contribution is 7.80. The zero-order valence-corrected chi connectivity index (χ0v) is 18.6. The van der Waals surface area contributed by atoms with E-state index in [-0.39, 0.29) is 0 Å². The molecule has 1 N–H and O–H groups in total. The van der Waals surface area contributed by atoms with E-state index in [1.54, 1.807) is 7.11 Å². The average Bonchev–Trinajstić information content (AvgIpc) is 2.78. The number of thiocarbonyl (C=S) groups is 1. The number of para-hydroxylation sites is 1. The second-order valence-corrected chi connectivity index (χ2v) is 7.35. The fourth-order valence-electron chi connectivity index (χ4n) is 2.91. The highest BCUT2D eigenvalue weighted by atomic mass is 35.5. The zero-order chi connectivity index (χ0) is 21.3. The summed E-state index contributed by atoms with van der Waals surface area (Å²) in [5.41, 5.74) is 2.93. The summed E-state index contributed by atoms with van der Waals surface area (Å²) in [5, 5.41) is 3.99. The molecule has 0 fully saturated rings. The first-order valence-electron chi connectivity index (χ1n) is 9.65. The highest BCUT2D eigenvalue weighted by Crippen LogP contribution is 2.30. The lowest BCUT2D eigenvalue weighted by Crippen LogP contribution is -2.22. The number of hydrogen-bond acceptors (Lipinski definition) is 4. The molecule has 0 saturated carbocycles. The van der Waals surface area contributed by atoms with E-state index in [0.29, 0.717) is 41.3 Å². The molecular weight excluding hydrogens is 418 g/mol. The molecule has 0 aliphatic rings. The van der Waals surface area contributed by atoms with Gasteiger partial charge in [-0.3, -0.25) is 0 Å². The Hall–Kier alpha value is -2.76. The van der Waals surface area contributed by atoms with Crippen molar-refractivity contribution in [1.29, 1.82) is 0 Å². The molecule has 0 bridgehead atoms. The molecule has 0 aromatic heterocycles. The highest BCUT2D eigenvalue weighted by Gasteiger charge is 2.11. The van der Waals surface area contributed by atoms with Crippen LogP contribution in [0.2, 0.25) is 5.02 Å². The summed E-state index contributed by atoms with van der Waals surface area (Å²) in [6, 6.07) is 21.1. The van der Waals surface area contributed by atoms with Gasteiger partial charge in [0.25, 0.3) is 0 Å². The van der Waals surface area contributed by atoms with Crippen molar-refractivity contribution in [3.63, 3.8) is 0 Å². The second-order valence-electron chi connectivity index (χ2n) is 6.50. The third-order valence-corrected chi connectivity index (χ3v) is 5.08. The molecule has 3 rings (SSSR count). The van der Waals surface area contributed by atoms with Crippen molar-refractivity contribution in [1.82, 2.24) is 5.32 Å². The van der Waals surface area contributed by atoms with Crippen LogP contribution in [0.5, 0.6) is 17.2 Å². The minimum atomic E-state index is 0.424. The molecule has 0 aliphatic carbocycles. The van der Waals surface area contributed by atoms with Gasteiger partial charge in [0.15, 0.2) is 11.5 Å². The number of benzene rings is 3. The Morgan fingerprint density at radius 1 is 0.933 bits per heavy atom. The van der Waals surface area contributed by atoms with E-state index in [1.807, 2.05) is 73.7 Å². The number of rotatable bonds is 9. The van der Waals surface area contributed by atoms with Crippen LogP contribution in [0, 0.1) is 0 Å². The standard InChI is InChI=1S/C24H24ClNO3S/c1-3-28-23-14-18(24(30)26-15-19-6-4-5-7-21(19)27-2)10-13-22(23)29-16-17-8-11-20(25)12-9-17/h4-14H,3,15-16H2,1-2H3,(H,26,30). The van der Waals surface area contributed by atoms with Gasteiger partial charge in [-0.2, -0.15) is 0 Å². The van der Waals surface area contributed by atoms with Crippen molar-refractivity contribution in [3.8, 4) is 17.2 Å². The first-order valence-corrected chi connectivity index (χ1v) is 10.4. The number of ether oxygens (including phenoxy) is 3. The van der Waals surface area contributed by atoms with E-state index in [9.17, 15) is 0 Å². The lowest BCUT2D eigenvalue weighted by Gasteiger charge is -2.15. The van der Waals surface area contributed by atoms with Gasteiger partial charge < -0.3 is 19.5 Å². The Labute approximate surface area is 187 Å². The molecule has 0 heterocycles. The molecule has 0 unspecified atom stereocenters. The number of hydrogen-bond donors (Lipinski definition) is 1. The van der Waals surface area contributed by atoms with Gasteiger partial charge in [0, 0.05) is 22.7 Å². The molecule has 0 saturated heterocycles. The lowest BCUT2D eigenvalue weighted by molar-refractivity contribution is 0.269. The topological polar surface area (TPSA) is 39.7 Å². The summed E-state index contributed by atoms with van der Waals surface area (Å²) in [7, 11) is 1.66. The molecular formula is C24H24ClNO3S. The smallest absolute Gasteiger partial charge is 0.161 e. The lowest BCUT2D eigenvalue weighted by atomic mass is 10.1. The van der Waals surface area contributed by atoms with Crippen molar-refractivity contribution >= 4 is 28.8 Å². The molecule has 30 heavy (non-hydrogen) atoms. The van der Waals surface area contributed by atoms with Crippen LogP contribution in [0.15, 0.2) is 66.7 Å². The van der Waals surface area contributed by atoms with E-state index in [0.717, 1.165) is 22.4 Å². The van der Waals surface area contributed by atoms with Crippen LogP contribution in [0.3, 0.4) is 0 Å². The molecule has 0 spiro atoms. The summed E-state index contributed by atoms with van der Waals surface area (Å²) in [5.74, 6) is 2.15. The summed E-state index contributed by atoms with van der Waals surface area (Å²) in [6.07, 6.45) is 0. The third kappa shape index (κ3) is 5.88. The van der Waals surface area contributed by atoms with Crippen molar-refractivity contribution in [2.24, 2.45) is 0 Å². The maximum Gasteiger partial charge on any atom is 0.161 e. The molecule has 0 aliphatic heterocycles. The Balaban J connectivity index is 1.68. The summed E-state index contributed by atoms with van der Waals surface area (Å²) < 4.78 is 17.1. The fourth-order valence-corrected chi connectivity index (χ4v) is 3.23.